The standard InChI is InChI=1S/C18H37NO6.C16H32O2/c1-2-3-4-5-6-7-8-9-10-11-12-25-17(18(19)24)16(23)15(22)14(21)13-20;1-2-3-4-5-6-7-8-9-10-11-12-13-14-15-16(17)18/h14-17,20-23H,2-13H2,1H3,(H2,19,24);2-15H2,1H3,(H,17,18)/t14-,15-,16+,17-;/m1./s1. The van der Waals surface area contributed by atoms with Crippen LogP contribution in [0.25, 0.3) is 0 Å². The van der Waals surface area contributed by atoms with Crippen molar-refractivity contribution in [3.05, 3.63) is 0 Å². The molecule has 9 nitrogen and oxygen atoms in total. The maximum atomic E-state index is 11.4. The molecule has 0 heterocycles. The van der Waals surface area contributed by atoms with Crippen LogP contribution in [0.5, 0.6) is 0 Å². The zero-order valence-corrected chi connectivity index (χ0v) is 27.7. The summed E-state index contributed by atoms with van der Waals surface area (Å²) >= 11 is 0. The molecule has 0 rings (SSSR count). The molecular weight excluding hydrogens is 550 g/mol. The molecule has 0 spiro atoms. The third-order valence-corrected chi connectivity index (χ3v) is 7.81. The second kappa shape index (κ2) is 33.6. The van der Waals surface area contributed by atoms with Crippen molar-refractivity contribution in [3.8, 4) is 0 Å². The van der Waals surface area contributed by atoms with Crippen LogP contribution < -0.4 is 5.73 Å². The van der Waals surface area contributed by atoms with Crippen LogP contribution in [-0.2, 0) is 14.3 Å². The number of nitrogens with two attached hydrogens (primary N) is 1. The molecule has 43 heavy (non-hydrogen) atoms. The van der Waals surface area contributed by atoms with Crippen LogP contribution in [0.1, 0.15) is 168 Å². The number of carbonyl (C=O) groups is 2. The van der Waals surface area contributed by atoms with Crippen molar-refractivity contribution in [2.75, 3.05) is 13.2 Å². The number of carboxylic acids is 1. The third-order valence-electron chi connectivity index (χ3n) is 7.81. The van der Waals surface area contributed by atoms with E-state index in [9.17, 15) is 24.9 Å². The fourth-order valence-corrected chi connectivity index (χ4v) is 4.96. The predicted octanol–water partition coefficient (Wildman–Crippen LogP) is 6.41. The lowest BCUT2D eigenvalue weighted by Gasteiger charge is -2.27. The van der Waals surface area contributed by atoms with Crippen molar-refractivity contribution >= 4 is 11.9 Å². The maximum absolute atomic E-state index is 11.4. The van der Waals surface area contributed by atoms with Crippen LogP contribution in [-0.4, -0.2) is 75.0 Å². The molecule has 0 aromatic rings. The smallest absolute Gasteiger partial charge is 0.303 e. The molecule has 0 aromatic carbocycles. The summed E-state index contributed by atoms with van der Waals surface area (Å²) in [4.78, 5) is 21.7. The number of ether oxygens (including phenoxy) is 1. The van der Waals surface area contributed by atoms with Gasteiger partial charge in [-0.3, -0.25) is 9.59 Å². The molecule has 0 fully saturated rings. The van der Waals surface area contributed by atoms with Gasteiger partial charge in [0.1, 0.15) is 18.3 Å². The maximum Gasteiger partial charge on any atom is 0.303 e. The Labute approximate surface area is 263 Å². The molecule has 0 saturated heterocycles. The fourth-order valence-electron chi connectivity index (χ4n) is 4.96. The van der Waals surface area contributed by atoms with E-state index in [-0.39, 0.29) is 6.61 Å². The van der Waals surface area contributed by atoms with Gasteiger partial charge in [-0.2, -0.15) is 0 Å². The largest absolute Gasteiger partial charge is 0.481 e. The van der Waals surface area contributed by atoms with Gasteiger partial charge in [-0.1, -0.05) is 149 Å². The highest BCUT2D eigenvalue weighted by Crippen LogP contribution is 2.14. The van der Waals surface area contributed by atoms with E-state index in [1.807, 2.05) is 0 Å². The topological polar surface area (TPSA) is 171 Å². The van der Waals surface area contributed by atoms with Crippen molar-refractivity contribution in [1.82, 2.24) is 0 Å². The Morgan fingerprint density at radius 2 is 0.930 bits per heavy atom. The van der Waals surface area contributed by atoms with Gasteiger partial charge in [-0.25, -0.2) is 0 Å². The number of unbranched alkanes of at least 4 members (excludes halogenated alkanes) is 21. The van der Waals surface area contributed by atoms with Crippen LogP contribution in [0.15, 0.2) is 0 Å². The molecule has 0 unspecified atom stereocenters. The minimum absolute atomic E-state index is 0.239. The third kappa shape index (κ3) is 30.5. The Balaban J connectivity index is 0. The monoisotopic (exact) mass is 620 g/mol. The number of aliphatic hydroxyl groups excluding tert-OH is 4. The molecule has 0 saturated carbocycles. The Hall–Kier alpha value is -1.26. The van der Waals surface area contributed by atoms with Gasteiger partial charge in [-0.15, -0.1) is 0 Å². The Bertz CT molecular complexity index is 607. The van der Waals surface area contributed by atoms with Gasteiger partial charge >= 0.3 is 5.97 Å². The number of carbonyl (C=O) groups excluding carboxylic acids is 1. The lowest BCUT2D eigenvalue weighted by atomic mass is 10.0. The zero-order valence-electron chi connectivity index (χ0n) is 27.7. The molecule has 4 atom stereocenters. The van der Waals surface area contributed by atoms with Gasteiger partial charge in [-0.05, 0) is 12.8 Å². The molecule has 0 aliphatic heterocycles. The quantitative estimate of drug-likeness (QED) is 0.0484. The summed E-state index contributed by atoms with van der Waals surface area (Å²) in [6, 6.07) is 0. The van der Waals surface area contributed by atoms with Crippen molar-refractivity contribution in [1.29, 1.82) is 0 Å². The molecule has 0 aromatic heterocycles. The lowest BCUT2D eigenvalue weighted by molar-refractivity contribution is -0.155. The molecule has 9 heteroatoms. The molecule has 1 amide bonds. The molecule has 0 bridgehead atoms. The Morgan fingerprint density at radius 3 is 1.26 bits per heavy atom. The molecule has 258 valence electrons. The highest BCUT2D eigenvalue weighted by atomic mass is 16.5. The van der Waals surface area contributed by atoms with Gasteiger partial charge in [0, 0.05) is 13.0 Å². The summed E-state index contributed by atoms with van der Waals surface area (Å²) < 4.78 is 5.28. The minimum atomic E-state index is -1.70. The SMILES string of the molecule is CCCCCCCCCCCCCCCC(=O)O.CCCCCCCCCCCCO[C@@H](C(N)=O)[C@@H](O)[C@H](O)[C@H](O)CO. The van der Waals surface area contributed by atoms with Crippen LogP contribution in [0, 0.1) is 0 Å². The first-order chi connectivity index (χ1) is 20.7. The highest BCUT2D eigenvalue weighted by molar-refractivity contribution is 5.79. The summed E-state index contributed by atoms with van der Waals surface area (Å²) in [5.41, 5.74) is 5.17. The summed E-state index contributed by atoms with van der Waals surface area (Å²) in [6.45, 7) is 3.97. The molecule has 0 aliphatic carbocycles. The average Bonchev–Trinajstić information content (AvgIpc) is 2.99. The van der Waals surface area contributed by atoms with E-state index in [2.05, 4.69) is 13.8 Å². The van der Waals surface area contributed by atoms with E-state index in [1.54, 1.807) is 0 Å². The molecule has 7 N–H and O–H groups in total. The van der Waals surface area contributed by atoms with E-state index in [1.165, 1.54) is 116 Å². The summed E-state index contributed by atoms with van der Waals surface area (Å²) in [5, 5.41) is 46.1. The second-order valence-electron chi connectivity index (χ2n) is 12.0. The minimum Gasteiger partial charge on any atom is -0.481 e. The number of amides is 1. The summed E-state index contributed by atoms with van der Waals surface area (Å²) in [5.74, 6) is -1.57. The highest BCUT2D eigenvalue weighted by Gasteiger charge is 2.35. The number of aliphatic carboxylic acids is 1. The normalized spacial score (nSPS) is 14.0. The Morgan fingerprint density at radius 1 is 0.581 bits per heavy atom. The van der Waals surface area contributed by atoms with E-state index >= 15 is 0 Å². The first-order valence-electron chi connectivity index (χ1n) is 17.5. The molecular formula is C34H69NO8. The van der Waals surface area contributed by atoms with Gasteiger partial charge in [0.15, 0.2) is 6.10 Å². The molecule has 0 radical (unpaired) electrons. The van der Waals surface area contributed by atoms with Gasteiger partial charge < -0.3 is 36.0 Å². The summed E-state index contributed by atoms with van der Waals surface area (Å²) in [7, 11) is 0. The van der Waals surface area contributed by atoms with Crippen LogP contribution >= 0.6 is 0 Å². The number of aliphatic hydroxyl groups is 4. The van der Waals surface area contributed by atoms with E-state index in [4.69, 9.17) is 20.7 Å². The number of hydrogen-bond donors (Lipinski definition) is 6. The van der Waals surface area contributed by atoms with Crippen molar-refractivity contribution in [3.63, 3.8) is 0 Å². The Kier molecular flexibility index (Phi) is 34.3. The zero-order chi connectivity index (χ0) is 32.6. The van der Waals surface area contributed by atoms with Gasteiger partial charge in [0.2, 0.25) is 5.91 Å². The van der Waals surface area contributed by atoms with Crippen molar-refractivity contribution in [2.45, 2.75) is 192 Å². The van der Waals surface area contributed by atoms with Crippen LogP contribution in [0.4, 0.5) is 0 Å². The summed E-state index contributed by atoms with van der Waals surface area (Å²) in [6.07, 6.45) is 22.6. The number of rotatable bonds is 31. The molecule has 0 aliphatic rings. The number of primary amides is 1. The van der Waals surface area contributed by atoms with E-state index in [0.717, 1.165) is 32.1 Å². The van der Waals surface area contributed by atoms with Gasteiger partial charge in [0.25, 0.3) is 0 Å². The first kappa shape index (κ1) is 43.9. The second-order valence-corrected chi connectivity index (χ2v) is 12.0. The first-order valence-corrected chi connectivity index (χ1v) is 17.5. The van der Waals surface area contributed by atoms with E-state index in [0.29, 0.717) is 6.42 Å². The van der Waals surface area contributed by atoms with E-state index < -0.39 is 42.9 Å². The predicted molar refractivity (Wildman–Crippen MR) is 174 cm³/mol. The average molecular weight is 620 g/mol. The van der Waals surface area contributed by atoms with Gasteiger partial charge in [0.05, 0.1) is 6.61 Å². The lowest BCUT2D eigenvalue weighted by Crippen LogP contribution is -2.51. The fraction of sp³-hybridized carbons (Fsp3) is 0.941. The van der Waals surface area contributed by atoms with Crippen molar-refractivity contribution in [2.24, 2.45) is 5.73 Å². The number of hydrogen-bond acceptors (Lipinski definition) is 7. The van der Waals surface area contributed by atoms with Crippen molar-refractivity contribution < 1.29 is 39.9 Å². The van der Waals surface area contributed by atoms with Crippen LogP contribution in [0.2, 0.25) is 0 Å². The van der Waals surface area contributed by atoms with Crippen LogP contribution in [0.3, 0.4) is 0 Å². The number of carboxylic acid groups (broad SMARTS) is 1.